The van der Waals surface area contributed by atoms with E-state index in [0.717, 1.165) is 41.7 Å². The fourth-order valence-corrected chi connectivity index (χ4v) is 3.88. The number of nitrogens with zero attached hydrogens (tertiary/aromatic N) is 3. The molecule has 0 aromatic heterocycles. The number of unbranched alkanes of at least 4 members (excludes halogenated alkanes) is 3. The number of H-pyrrole nitrogens is 1. The van der Waals surface area contributed by atoms with Gasteiger partial charge in [0.25, 0.3) is 5.56 Å². The van der Waals surface area contributed by atoms with Crippen molar-refractivity contribution >= 4 is 28.4 Å². The monoisotopic (exact) mass is 447 g/mol. The van der Waals surface area contributed by atoms with Crippen LogP contribution in [0.4, 0.5) is 11.4 Å². The van der Waals surface area contributed by atoms with Crippen LogP contribution in [0.5, 0.6) is 0 Å². The van der Waals surface area contributed by atoms with Crippen LogP contribution in [0.3, 0.4) is 0 Å². The Labute approximate surface area is 189 Å². The fraction of sp³-hybridized carbons (Fsp3) is 0.292. The molecule has 0 spiro atoms. The third-order valence-corrected chi connectivity index (χ3v) is 5.53. The molecule has 0 aliphatic carbocycles. The normalized spacial score (nSPS) is 11.2. The average molecular weight is 447 g/mol. The van der Waals surface area contributed by atoms with Gasteiger partial charge in [0.1, 0.15) is 0 Å². The second-order valence-corrected chi connectivity index (χ2v) is 8.01. The van der Waals surface area contributed by atoms with Crippen molar-refractivity contribution in [2.24, 2.45) is 0 Å². The van der Waals surface area contributed by atoms with Gasteiger partial charge in [-0.2, -0.15) is 4.98 Å². The van der Waals surface area contributed by atoms with Gasteiger partial charge >= 0.3 is 11.7 Å². The van der Waals surface area contributed by atoms with Crippen LogP contribution in [0, 0.1) is 6.92 Å². The maximum Gasteiger partial charge on any atom is 0.349 e. The van der Waals surface area contributed by atoms with Crippen molar-refractivity contribution in [1.29, 1.82) is 0 Å². The van der Waals surface area contributed by atoms with Crippen LogP contribution in [0.1, 0.15) is 37.7 Å². The molecule has 0 atom stereocenters. The second kappa shape index (κ2) is 9.64. The Morgan fingerprint density at radius 3 is 2.58 bits per heavy atom. The van der Waals surface area contributed by atoms with Gasteiger partial charge in [-0.15, -0.1) is 0 Å². The van der Waals surface area contributed by atoms with Crippen molar-refractivity contribution in [3.8, 4) is 11.5 Å². The number of benzene rings is 2. The van der Waals surface area contributed by atoms with Gasteiger partial charge in [0.15, 0.2) is 11.5 Å². The van der Waals surface area contributed by atoms with Crippen LogP contribution in [-0.4, -0.2) is 30.6 Å². The molecule has 0 saturated heterocycles. The van der Waals surface area contributed by atoms with E-state index in [1.807, 2.05) is 54.0 Å². The molecule has 2 aliphatic heterocycles. The standard InChI is InChI=1S/C24H25N5O4/c1-15-13-18-19(14-17(15)25-16-9-5-4-6-10-16)29(12-8-3-2-7-11-20(30)31)22-21(26-18)23(32)28-24(33)27-22/h4-6,9-10,13-14,25H,2-3,7-8,11-12H2,1H3,(H,30,31)(H,28,32,33). The van der Waals surface area contributed by atoms with Crippen LogP contribution in [0.15, 0.2) is 52.1 Å². The highest BCUT2D eigenvalue weighted by atomic mass is 16.4. The number of fused-ring (bicyclic) bond motifs is 2. The van der Waals surface area contributed by atoms with Crippen LogP contribution in [-0.2, 0) is 11.3 Å². The van der Waals surface area contributed by atoms with Crippen molar-refractivity contribution < 1.29 is 9.90 Å². The van der Waals surface area contributed by atoms with Gasteiger partial charge in [0.2, 0.25) is 0 Å². The number of carboxylic acids is 1. The minimum Gasteiger partial charge on any atom is -0.481 e. The van der Waals surface area contributed by atoms with E-state index >= 15 is 0 Å². The molecular weight excluding hydrogens is 422 g/mol. The predicted molar refractivity (Wildman–Crippen MR) is 126 cm³/mol. The number of carbonyl (C=O) groups is 1. The number of hydrogen-bond donors (Lipinski definition) is 3. The number of aromatic amines is 1. The number of hydrogen-bond acceptors (Lipinski definition) is 6. The van der Waals surface area contributed by atoms with E-state index in [4.69, 9.17) is 5.11 Å². The summed E-state index contributed by atoms with van der Waals surface area (Å²) in [5.41, 5.74) is 3.03. The molecule has 0 fully saturated rings. The highest BCUT2D eigenvalue weighted by molar-refractivity contribution is 5.85. The van der Waals surface area contributed by atoms with Crippen LogP contribution in [0.25, 0.3) is 22.6 Å². The molecule has 4 rings (SSSR count). The molecule has 2 aromatic rings. The Balaban J connectivity index is 1.74. The number of aromatic nitrogens is 4. The van der Waals surface area contributed by atoms with E-state index in [2.05, 4.69) is 20.3 Å². The van der Waals surface area contributed by atoms with E-state index < -0.39 is 17.2 Å². The first kappa shape index (κ1) is 22.2. The number of nitrogens with one attached hydrogen (secondary N) is 2. The lowest BCUT2D eigenvalue weighted by Gasteiger charge is -2.19. The Morgan fingerprint density at radius 2 is 1.82 bits per heavy atom. The Bertz CT molecular complexity index is 1380. The molecule has 2 aromatic carbocycles. The molecule has 2 aliphatic rings. The summed E-state index contributed by atoms with van der Waals surface area (Å²) in [6.07, 6.45) is 3.12. The van der Waals surface area contributed by atoms with E-state index in [1.165, 1.54) is 0 Å². The van der Waals surface area contributed by atoms with E-state index in [-0.39, 0.29) is 17.9 Å². The van der Waals surface area contributed by atoms with Crippen LogP contribution < -0.4 is 16.6 Å². The minimum atomic E-state index is -0.796. The maximum atomic E-state index is 12.4. The highest BCUT2D eigenvalue weighted by Gasteiger charge is 2.19. The number of carboxylic acid groups (broad SMARTS) is 1. The molecule has 0 amide bonds. The topological polar surface area (TPSA) is 130 Å². The molecule has 33 heavy (non-hydrogen) atoms. The molecule has 3 N–H and O–H groups in total. The molecule has 0 saturated carbocycles. The lowest BCUT2D eigenvalue weighted by Crippen LogP contribution is -2.29. The van der Waals surface area contributed by atoms with Gasteiger partial charge in [-0.3, -0.25) is 14.6 Å². The zero-order valence-electron chi connectivity index (χ0n) is 18.3. The van der Waals surface area contributed by atoms with Crippen molar-refractivity contribution in [3.63, 3.8) is 0 Å². The first-order chi connectivity index (χ1) is 15.9. The summed E-state index contributed by atoms with van der Waals surface area (Å²) in [5.74, 6) is -0.549. The fourth-order valence-electron chi connectivity index (χ4n) is 3.88. The smallest absolute Gasteiger partial charge is 0.349 e. The highest BCUT2D eigenvalue weighted by Crippen LogP contribution is 2.29. The Kier molecular flexibility index (Phi) is 6.48. The molecule has 2 heterocycles. The Hall–Kier alpha value is -4.01. The van der Waals surface area contributed by atoms with Crippen LogP contribution >= 0.6 is 0 Å². The lowest BCUT2D eigenvalue weighted by atomic mass is 10.1. The van der Waals surface area contributed by atoms with E-state index in [0.29, 0.717) is 18.5 Å². The van der Waals surface area contributed by atoms with Crippen molar-refractivity contribution in [2.45, 2.75) is 45.6 Å². The first-order valence-corrected chi connectivity index (χ1v) is 10.9. The summed E-state index contributed by atoms with van der Waals surface area (Å²) in [6, 6.07) is 13.7. The molecule has 0 unspecified atom stereocenters. The molecular formula is C24H25N5O4. The number of aryl methyl sites for hydroxylation is 2. The number of anilines is 2. The summed E-state index contributed by atoms with van der Waals surface area (Å²) in [6.45, 7) is 2.49. The maximum absolute atomic E-state index is 12.4. The van der Waals surface area contributed by atoms with Crippen molar-refractivity contribution in [2.75, 3.05) is 5.32 Å². The van der Waals surface area contributed by atoms with Crippen molar-refractivity contribution in [1.82, 2.24) is 19.5 Å². The quantitative estimate of drug-likeness (QED) is 0.264. The van der Waals surface area contributed by atoms with Gasteiger partial charge in [-0.25, -0.2) is 9.78 Å². The number of para-hydroxylation sites is 1. The molecule has 0 bridgehead atoms. The van der Waals surface area contributed by atoms with Crippen LogP contribution in [0.2, 0.25) is 0 Å². The molecule has 9 heteroatoms. The van der Waals surface area contributed by atoms with E-state index in [1.54, 1.807) is 0 Å². The first-order valence-electron chi connectivity index (χ1n) is 10.9. The molecule has 0 radical (unpaired) electrons. The SMILES string of the molecule is Cc1cc2nc3c(=O)[nH]c(=O)nc-3n(CCCCCCC(=O)O)c2cc1Nc1ccccc1. The van der Waals surface area contributed by atoms with Gasteiger partial charge in [0, 0.05) is 24.3 Å². The third-order valence-electron chi connectivity index (χ3n) is 5.53. The predicted octanol–water partition coefficient (Wildman–Crippen LogP) is 3.67. The van der Waals surface area contributed by atoms with Gasteiger partial charge in [0.05, 0.1) is 11.0 Å². The van der Waals surface area contributed by atoms with Gasteiger partial charge < -0.3 is 15.0 Å². The van der Waals surface area contributed by atoms with E-state index in [9.17, 15) is 14.4 Å². The number of aliphatic carboxylic acids is 1. The zero-order chi connectivity index (χ0) is 23.4. The summed E-state index contributed by atoms with van der Waals surface area (Å²) in [7, 11) is 0. The van der Waals surface area contributed by atoms with Gasteiger partial charge in [-0.05, 0) is 49.6 Å². The summed E-state index contributed by atoms with van der Waals surface area (Å²) in [4.78, 5) is 45.8. The third kappa shape index (κ3) is 5.08. The number of rotatable bonds is 9. The summed E-state index contributed by atoms with van der Waals surface area (Å²) >= 11 is 0. The van der Waals surface area contributed by atoms with Gasteiger partial charge in [-0.1, -0.05) is 31.0 Å². The summed E-state index contributed by atoms with van der Waals surface area (Å²) in [5, 5.41) is 12.2. The molecule has 170 valence electrons. The zero-order valence-corrected chi connectivity index (χ0v) is 18.3. The van der Waals surface area contributed by atoms with Crippen molar-refractivity contribution in [3.05, 3.63) is 68.9 Å². The average Bonchev–Trinajstić information content (AvgIpc) is 2.77. The second-order valence-electron chi connectivity index (χ2n) is 8.01. The minimum absolute atomic E-state index is 0.121. The summed E-state index contributed by atoms with van der Waals surface area (Å²) < 4.78 is 1.86. The Morgan fingerprint density at radius 1 is 1.06 bits per heavy atom. The molecule has 9 nitrogen and oxygen atoms in total. The lowest BCUT2D eigenvalue weighted by molar-refractivity contribution is -0.137. The largest absolute Gasteiger partial charge is 0.481 e.